The minimum Gasteiger partial charge on any atom is -0.465 e. The van der Waals surface area contributed by atoms with Gasteiger partial charge in [-0.15, -0.1) is 0 Å². The first-order valence-corrected chi connectivity index (χ1v) is 16.7. The van der Waals surface area contributed by atoms with E-state index in [2.05, 4.69) is 85.8 Å². The third-order valence-electron chi connectivity index (χ3n) is 8.76. The molecule has 4 heteroatoms. The van der Waals surface area contributed by atoms with Crippen LogP contribution in [-0.4, -0.2) is 28.0 Å². The van der Waals surface area contributed by atoms with Crippen LogP contribution in [0.1, 0.15) is 106 Å². The smallest absolute Gasteiger partial charge is 0.337 e. The summed E-state index contributed by atoms with van der Waals surface area (Å²) in [6, 6.07) is 12.5. The quantitative estimate of drug-likeness (QED) is 0.151. The number of rotatable bonds is 8. The lowest BCUT2D eigenvalue weighted by Crippen LogP contribution is -2.41. The Kier molecular flexibility index (Phi) is 8.66. The van der Waals surface area contributed by atoms with Gasteiger partial charge in [0.1, 0.15) is 0 Å². The van der Waals surface area contributed by atoms with E-state index >= 15 is 0 Å². The van der Waals surface area contributed by atoms with Gasteiger partial charge in [0.25, 0.3) is 0 Å². The van der Waals surface area contributed by atoms with E-state index in [1.54, 1.807) is 0 Å². The largest absolute Gasteiger partial charge is 0.465 e. The second-order valence-corrected chi connectivity index (χ2v) is 18.3. The maximum Gasteiger partial charge on any atom is 0.337 e. The van der Waals surface area contributed by atoms with E-state index in [4.69, 9.17) is 9.16 Å². The molecule has 0 N–H and O–H groups in total. The van der Waals surface area contributed by atoms with Crippen LogP contribution in [0.2, 0.25) is 18.1 Å². The van der Waals surface area contributed by atoms with E-state index in [9.17, 15) is 4.79 Å². The van der Waals surface area contributed by atoms with Crippen molar-refractivity contribution in [2.24, 2.45) is 0 Å². The monoisotopic (exact) mass is 520 g/mol. The molecule has 0 unspecified atom stereocenters. The normalized spacial score (nSPS) is 17.0. The average Bonchev–Trinajstić information content (AvgIpc) is 2.82. The summed E-state index contributed by atoms with van der Waals surface area (Å²) in [5.41, 5.74) is 7.65. The number of ether oxygens (including phenoxy) is 1. The summed E-state index contributed by atoms with van der Waals surface area (Å²) in [5.74, 6) is -0.308. The molecule has 0 fully saturated rings. The second kappa shape index (κ2) is 10.9. The second-order valence-electron chi connectivity index (χ2n) is 13.5. The van der Waals surface area contributed by atoms with Gasteiger partial charge < -0.3 is 9.16 Å². The minimum absolute atomic E-state index is 0.166. The van der Waals surface area contributed by atoms with E-state index in [1.165, 1.54) is 42.2 Å². The van der Waals surface area contributed by atoms with E-state index in [1.807, 2.05) is 24.3 Å². The summed E-state index contributed by atoms with van der Waals surface area (Å²) in [6.45, 7) is 21.9. The van der Waals surface area contributed by atoms with Crippen LogP contribution < -0.4 is 0 Å². The summed E-state index contributed by atoms with van der Waals surface area (Å²) in [7, 11) is -0.333. The van der Waals surface area contributed by atoms with Crippen LogP contribution in [0.5, 0.6) is 0 Å². The van der Waals surface area contributed by atoms with Gasteiger partial charge in [0.2, 0.25) is 0 Å². The predicted molar refractivity (Wildman–Crippen MR) is 160 cm³/mol. The number of aryl methyl sites for hydroxylation is 1. The van der Waals surface area contributed by atoms with E-state index in [-0.39, 0.29) is 21.8 Å². The molecule has 0 aromatic heterocycles. The highest BCUT2D eigenvalue weighted by molar-refractivity contribution is 6.74. The molecule has 0 atom stereocenters. The fourth-order valence-corrected chi connectivity index (χ4v) is 5.98. The molecule has 1 aliphatic rings. The maximum absolute atomic E-state index is 11.8. The van der Waals surface area contributed by atoms with Crippen molar-refractivity contribution in [2.75, 3.05) is 13.7 Å². The molecule has 0 saturated carbocycles. The third-order valence-corrected chi connectivity index (χ3v) is 13.3. The van der Waals surface area contributed by atoms with Crippen LogP contribution in [0.15, 0.2) is 36.4 Å². The Bertz CT molecular complexity index is 1130. The first kappa shape index (κ1) is 29.4. The number of fused-ring (bicyclic) bond motifs is 1. The molecular formula is C33H48O3Si. The van der Waals surface area contributed by atoms with Crippen molar-refractivity contribution in [2.45, 2.75) is 103 Å². The lowest BCUT2D eigenvalue weighted by atomic mass is 9.62. The predicted octanol–water partition coefficient (Wildman–Crippen LogP) is 8.95. The van der Waals surface area contributed by atoms with E-state index in [0.717, 1.165) is 25.0 Å². The zero-order chi connectivity index (χ0) is 27.6. The lowest BCUT2D eigenvalue weighted by Gasteiger charge is -2.42. The Labute approximate surface area is 226 Å². The zero-order valence-electron chi connectivity index (χ0n) is 24.9. The number of methoxy groups -OCH3 is 1. The highest BCUT2D eigenvalue weighted by Gasteiger charge is 2.38. The molecule has 3 nitrogen and oxygen atoms in total. The summed E-state index contributed by atoms with van der Waals surface area (Å²) >= 11 is 0. The molecule has 1 aliphatic carbocycles. The number of benzene rings is 2. The first-order chi connectivity index (χ1) is 17.1. The van der Waals surface area contributed by atoms with Crippen molar-refractivity contribution in [3.05, 3.63) is 69.8 Å². The summed E-state index contributed by atoms with van der Waals surface area (Å²) in [6.07, 6.45) is 8.82. The van der Waals surface area contributed by atoms with Crippen LogP contribution in [-0.2, 0) is 26.4 Å². The van der Waals surface area contributed by atoms with E-state index < -0.39 is 8.32 Å². The fourth-order valence-electron chi connectivity index (χ4n) is 4.89. The number of hydrogen-bond donors (Lipinski definition) is 0. The number of hydrogen-bond acceptors (Lipinski definition) is 3. The Balaban J connectivity index is 1.92. The maximum atomic E-state index is 11.8. The average molecular weight is 521 g/mol. The van der Waals surface area contributed by atoms with E-state index in [0.29, 0.717) is 5.56 Å². The van der Waals surface area contributed by atoms with Crippen molar-refractivity contribution >= 4 is 26.4 Å². The van der Waals surface area contributed by atoms with Gasteiger partial charge in [0, 0.05) is 6.61 Å². The van der Waals surface area contributed by atoms with Crippen molar-refractivity contribution in [1.82, 2.24) is 0 Å². The van der Waals surface area contributed by atoms with Crippen LogP contribution in [0.25, 0.3) is 12.2 Å². The van der Waals surface area contributed by atoms with Crippen LogP contribution in [0.4, 0.5) is 0 Å². The van der Waals surface area contributed by atoms with Crippen molar-refractivity contribution < 1.29 is 14.0 Å². The van der Waals surface area contributed by atoms with Crippen molar-refractivity contribution in [1.29, 1.82) is 0 Å². The molecule has 0 aliphatic heterocycles. The zero-order valence-corrected chi connectivity index (χ0v) is 25.9. The molecule has 0 saturated heterocycles. The number of esters is 1. The molecule has 2 aromatic rings. The third kappa shape index (κ3) is 6.83. The molecular weight excluding hydrogens is 472 g/mol. The molecule has 0 heterocycles. The summed E-state index contributed by atoms with van der Waals surface area (Å²) in [4.78, 5) is 11.8. The van der Waals surface area contributed by atoms with Gasteiger partial charge in [-0.2, -0.15) is 0 Å². The van der Waals surface area contributed by atoms with Crippen LogP contribution in [0.3, 0.4) is 0 Å². The van der Waals surface area contributed by atoms with Gasteiger partial charge in [-0.05, 0) is 94.6 Å². The SMILES string of the molecule is COC(=O)c1ccc(C=Cc2cc3c(cc2CCCO[Si](C)(C)C(C)(C)C)C(C)(C)CCC3(C)C)cc1. The fraction of sp³-hybridized carbons (Fsp3) is 0.545. The van der Waals surface area contributed by atoms with Gasteiger partial charge in [-0.25, -0.2) is 4.79 Å². The molecule has 0 amide bonds. The van der Waals surface area contributed by atoms with Crippen molar-refractivity contribution in [3.63, 3.8) is 0 Å². The Morgan fingerprint density at radius 1 is 0.946 bits per heavy atom. The van der Waals surface area contributed by atoms with Crippen LogP contribution in [0, 0.1) is 0 Å². The molecule has 0 spiro atoms. The lowest BCUT2D eigenvalue weighted by molar-refractivity contribution is 0.0600. The van der Waals surface area contributed by atoms with Gasteiger partial charge in [0.05, 0.1) is 12.7 Å². The number of carbonyl (C=O) groups is 1. The first-order valence-electron chi connectivity index (χ1n) is 13.8. The van der Waals surface area contributed by atoms with Gasteiger partial charge >= 0.3 is 5.97 Å². The minimum atomic E-state index is -1.74. The Morgan fingerprint density at radius 3 is 2.05 bits per heavy atom. The molecule has 3 rings (SSSR count). The molecule has 0 radical (unpaired) electrons. The standard InChI is InChI=1S/C33H48O3Si/c1-31(2,3)37(9,10)36-21-11-12-26-22-28-29(33(6,7)20-19-32(28,4)5)23-27(26)18-15-24-13-16-25(17-14-24)30(34)35-8/h13-18,22-23H,11-12,19-21H2,1-10H3. The molecule has 2 aromatic carbocycles. The topological polar surface area (TPSA) is 35.5 Å². The molecule has 0 bridgehead atoms. The van der Waals surface area contributed by atoms with Gasteiger partial charge in [-0.3, -0.25) is 0 Å². The summed E-state index contributed by atoms with van der Waals surface area (Å²) < 4.78 is 11.3. The Morgan fingerprint density at radius 2 is 1.51 bits per heavy atom. The Hall–Kier alpha value is -2.17. The van der Waals surface area contributed by atoms with Crippen molar-refractivity contribution in [3.8, 4) is 0 Å². The van der Waals surface area contributed by atoms with Crippen LogP contribution >= 0.6 is 0 Å². The van der Waals surface area contributed by atoms with Gasteiger partial charge in [0.15, 0.2) is 8.32 Å². The molecule has 202 valence electrons. The summed E-state index contributed by atoms with van der Waals surface area (Å²) in [5, 5.41) is 0.228. The highest BCUT2D eigenvalue weighted by atomic mass is 28.4. The number of carbonyl (C=O) groups excluding carboxylic acids is 1. The highest BCUT2D eigenvalue weighted by Crippen LogP contribution is 2.47. The molecule has 37 heavy (non-hydrogen) atoms. The van der Waals surface area contributed by atoms with Gasteiger partial charge in [-0.1, -0.05) is 84.9 Å².